The highest BCUT2D eigenvalue weighted by molar-refractivity contribution is 5.79. The van der Waals surface area contributed by atoms with Gasteiger partial charge in [-0.1, -0.05) is 54.4 Å². The van der Waals surface area contributed by atoms with Crippen molar-refractivity contribution in [3.8, 4) is 0 Å². The van der Waals surface area contributed by atoms with Gasteiger partial charge in [0.05, 0.1) is 0 Å². The smallest absolute Gasteiger partial charge is 0.133 e. The number of Topliss-reactive ketones (excluding diaryl/α,β-unsaturated/α-hetero) is 1. The SMILES string of the molecule is CC(C)[C@@H](C)CC[C@@H](C)[C@H]1CC[C@H]2[C@@H]3CCC4CC(=O)CC[C@]4(C)[C@H]3CC[C@]12C. The highest BCUT2D eigenvalue weighted by atomic mass is 16.1. The Balaban J connectivity index is 1.46. The van der Waals surface area contributed by atoms with Crippen molar-refractivity contribution in [2.45, 2.75) is 112 Å². The summed E-state index contributed by atoms with van der Waals surface area (Å²) >= 11 is 0. The zero-order valence-corrected chi connectivity index (χ0v) is 20.3. The number of ketones is 1. The highest BCUT2D eigenvalue weighted by Gasteiger charge is 2.60. The third kappa shape index (κ3) is 3.65. The fourth-order valence-electron chi connectivity index (χ4n) is 9.08. The van der Waals surface area contributed by atoms with Gasteiger partial charge in [0.25, 0.3) is 0 Å². The maximum Gasteiger partial charge on any atom is 0.133 e. The minimum Gasteiger partial charge on any atom is -0.300 e. The molecule has 0 aliphatic heterocycles. The van der Waals surface area contributed by atoms with Crippen LogP contribution in [0.15, 0.2) is 0 Å². The standard InChI is InChI=1S/C28H48O/c1-18(2)19(3)7-8-20(4)24-11-12-25-23-10-9-21-17-22(29)13-15-27(21,5)26(23)14-16-28(24,25)6/h18-21,23-26H,7-17H2,1-6H3/t19-,20+,21?,23-,24+,25-,26-,27-,28+/m0/s1. The van der Waals surface area contributed by atoms with E-state index in [2.05, 4.69) is 41.5 Å². The zero-order chi connectivity index (χ0) is 21.0. The molecule has 0 spiro atoms. The van der Waals surface area contributed by atoms with Gasteiger partial charge in [0, 0.05) is 12.8 Å². The molecule has 4 aliphatic carbocycles. The highest BCUT2D eigenvalue weighted by Crippen LogP contribution is 2.68. The van der Waals surface area contributed by atoms with Crippen molar-refractivity contribution in [1.29, 1.82) is 0 Å². The van der Waals surface area contributed by atoms with Crippen molar-refractivity contribution in [1.82, 2.24) is 0 Å². The van der Waals surface area contributed by atoms with Gasteiger partial charge in [0.1, 0.15) is 5.78 Å². The Bertz CT molecular complexity index is 607. The Hall–Kier alpha value is -0.330. The Morgan fingerprint density at radius 2 is 1.59 bits per heavy atom. The lowest BCUT2D eigenvalue weighted by molar-refractivity contribution is -0.140. The Morgan fingerprint density at radius 1 is 0.862 bits per heavy atom. The first kappa shape index (κ1) is 21.9. The molecule has 166 valence electrons. The van der Waals surface area contributed by atoms with E-state index in [0.717, 1.165) is 54.3 Å². The van der Waals surface area contributed by atoms with E-state index in [4.69, 9.17) is 0 Å². The minimum atomic E-state index is 0.467. The van der Waals surface area contributed by atoms with E-state index in [1.165, 1.54) is 57.8 Å². The summed E-state index contributed by atoms with van der Waals surface area (Å²) in [6.45, 7) is 15.1. The van der Waals surface area contributed by atoms with Gasteiger partial charge in [-0.25, -0.2) is 0 Å². The van der Waals surface area contributed by atoms with Gasteiger partial charge >= 0.3 is 0 Å². The molecule has 4 fully saturated rings. The Kier molecular flexibility index (Phi) is 6.02. The molecule has 0 aromatic carbocycles. The van der Waals surface area contributed by atoms with E-state index >= 15 is 0 Å². The maximum atomic E-state index is 12.1. The van der Waals surface area contributed by atoms with Gasteiger partial charge in [-0.05, 0) is 103 Å². The number of carbonyl (C=O) groups excluding carboxylic acids is 1. The first-order valence-corrected chi connectivity index (χ1v) is 13.2. The third-order valence-electron chi connectivity index (χ3n) is 11.5. The lowest BCUT2D eigenvalue weighted by Crippen LogP contribution is -2.53. The predicted octanol–water partition coefficient (Wildman–Crippen LogP) is 7.92. The molecule has 0 heterocycles. The number of carbonyl (C=O) groups is 1. The predicted molar refractivity (Wildman–Crippen MR) is 123 cm³/mol. The second-order valence-electron chi connectivity index (χ2n) is 12.9. The molecule has 0 aromatic heterocycles. The van der Waals surface area contributed by atoms with Crippen molar-refractivity contribution in [3.63, 3.8) is 0 Å². The van der Waals surface area contributed by atoms with Crippen LogP contribution < -0.4 is 0 Å². The summed E-state index contributed by atoms with van der Waals surface area (Å²) in [4.78, 5) is 12.1. The summed E-state index contributed by atoms with van der Waals surface area (Å²) in [6, 6.07) is 0. The van der Waals surface area contributed by atoms with E-state index in [-0.39, 0.29) is 0 Å². The third-order valence-corrected chi connectivity index (χ3v) is 11.5. The molecule has 0 radical (unpaired) electrons. The largest absolute Gasteiger partial charge is 0.300 e. The number of fused-ring (bicyclic) bond motifs is 5. The summed E-state index contributed by atoms with van der Waals surface area (Å²) in [6.07, 6.45) is 14.4. The van der Waals surface area contributed by atoms with Gasteiger partial charge in [0.15, 0.2) is 0 Å². The van der Waals surface area contributed by atoms with Crippen LogP contribution in [0, 0.1) is 58.2 Å². The number of hydrogen-bond acceptors (Lipinski definition) is 1. The summed E-state index contributed by atoms with van der Waals surface area (Å²) < 4.78 is 0. The summed E-state index contributed by atoms with van der Waals surface area (Å²) in [7, 11) is 0. The topological polar surface area (TPSA) is 17.1 Å². The van der Waals surface area contributed by atoms with E-state index in [1.807, 2.05) is 0 Å². The molecule has 4 aliphatic rings. The van der Waals surface area contributed by atoms with Crippen LogP contribution in [-0.2, 0) is 4.79 Å². The van der Waals surface area contributed by atoms with Crippen LogP contribution >= 0.6 is 0 Å². The van der Waals surface area contributed by atoms with Crippen molar-refractivity contribution in [3.05, 3.63) is 0 Å². The number of hydrogen-bond donors (Lipinski definition) is 0. The van der Waals surface area contributed by atoms with Crippen LogP contribution in [0.1, 0.15) is 112 Å². The molecular weight excluding hydrogens is 352 g/mol. The Labute approximate surface area is 181 Å². The summed E-state index contributed by atoms with van der Waals surface area (Å²) in [5.74, 6) is 7.60. The average molecular weight is 401 g/mol. The normalized spacial score (nSPS) is 46.7. The van der Waals surface area contributed by atoms with Crippen LogP contribution in [-0.4, -0.2) is 5.78 Å². The number of rotatable bonds is 5. The van der Waals surface area contributed by atoms with E-state index < -0.39 is 0 Å². The van der Waals surface area contributed by atoms with Gasteiger partial charge in [-0.2, -0.15) is 0 Å². The van der Waals surface area contributed by atoms with Gasteiger partial charge in [0.2, 0.25) is 0 Å². The monoisotopic (exact) mass is 400 g/mol. The van der Waals surface area contributed by atoms with Crippen LogP contribution in [0.2, 0.25) is 0 Å². The van der Waals surface area contributed by atoms with Crippen molar-refractivity contribution >= 4 is 5.78 Å². The van der Waals surface area contributed by atoms with E-state index in [0.29, 0.717) is 22.5 Å². The van der Waals surface area contributed by atoms with E-state index in [9.17, 15) is 4.79 Å². The lowest BCUT2D eigenvalue weighted by atomic mass is 9.44. The lowest BCUT2D eigenvalue weighted by Gasteiger charge is -2.60. The van der Waals surface area contributed by atoms with Crippen LogP contribution in [0.5, 0.6) is 0 Å². The van der Waals surface area contributed by atoms with Crippen molar-refractivity contribution in [2.75, 3.05) is 0 Å². The summed E-state index contributed by atoms with van der Waals surface area (Å²) in [5.41, 5.74) is 1.06. The molecule has 1 heteroatoms. The second kappa shape index (κ2) is 7.98. The quantitative estimate of drug-likeness (QED) is 0.458. The molecule has 0 amide bonds. The zero-order valence-electron chi connectivity index (χ0n) is 20.3. The molecule has 1 nitrogen and oxygen atoms in total. The summed E-state index contributed by atoms with van der Waals surface area (Å²) in [5, 5.41) is 0. The first-order chi connectivity index (χ1) is 13.7. The average Bonchev–Trinajstić information content (AvgIpc) is 3.03. The molecule has 0 saturated heterocycles. The molecule has 1 unspecified atom stereocenters. The fraction of sp³-hybridized carbons (Fsp3) is 0.964. The molecule has 0 bridgehead atoms. The fourth-order valence-corrected chi connectivity index (χ4v) is 9.08. The molecular formula is C28H48O. The second-order valence-corrected chi connectivity index (χ2v) is 12.9. The van der Waals surface area contributed by atoms with Gasteiger partial charge < -0.3 is 0 Å². The van der Waals surface area contributed by atoms with Gasteiger partial charge in [-0.15, -0.1) is 0 Å². The molecule has 9 atom stereocenters. The van der Waals surface area contributed by atoms with Crippen LogP contribution in [0.3, 0.4) is 0 Å². The van der Waals surface area contributed by atoms with Gasteiger partial charge in [-0.3, -0.25) is 4.79 Å². The Morgan fingerprint density at radius 3 is 2.31 bits per heavy atom. The maximum absolute atomic E-state index is 12.1. The minimum absolute atomic E-state index is 0.467. The first-order valence-electron chi connectivity index (χ1n) is 13.2. The van der Waals surface area contributed by atoms with Crippen LogP contribution in [0.4, 0.5) is 0 Å². The van der Waals surface area contributed by atoms with Crippen molar-refractivity contribution < 1.29 is 4.79 Å². The van der Waals surface area contributed by atoms with Crippen LogP contribution in [0.25, 0.3) is 0 Å². The van der Waals surface area contributed by atoms with Crippen molar-refractivity contribution in [2.24, 2.45) is 58.2 Å². The van der Waals surface area contributed by atoms with E-state index in [1.54, 1.807) is 0 Å². The molecule has 4 rings (SSSR count). The molecule has 4 saturated carbocycles. The molecule has 29 heavy (non-hydrogen) atoms. The molecule has 0 N–H and O–H groups in total. The molecule has 0 aromatic rings.